The predicted octanol–water partition coefficient (Wildman–Crippen LogP) is 2.34. The second-order valence-electron chi connectivity index (χ2n) is 1.18. The van der Waals surface area contributed by atoms with Crippen LogP contribution in [0.3, 0.4) is 0 Å². The summed E-state index contributed by atoms with van der Waals surface area (Å²) < 4.78 is 20.1. The van der Waals surface area contributed by atoms with E-state index in [9.17, 15) is 4.57 Å². The van der Waals surface area contributed by atoms with Crippen LogP contribution in [0.25, 0.3) is 0 Å². The van der Waals surface area contributed by atoms with E-state index in [2.05, 4.69) is 25.0 Å². The van der Waals surface area contributed by atoms with E-state index in [1.54, 1.807) is 0 Å². The zero-order valence-corrected chi connectivity index (χ0v) is 7.69. The SMILES string of the molecule is COP(=O)(C=CBr)OC. The molecule has 0 aliphatic heterocycles. The molecule has 0 aliphatic rings. The second-order valence-corrected chi connectivity index (χ2v) is 3.82. The van der Waals surface area contributed by atoms with E-state index < -0.39 is 7.60 Å². The molecule has 0 aromatic rings. The predicted molar refractivity (Wildman–Crippen MR) is 39.7 cm³/mol. The van der Waals surface area contributed by atoms with Crippen LogP contribution < -0.4 is 0 Å². The van der Waals surface area contributed by atoms with Crippen molar-refractivity contribution in [1.82, 2.24) is 0 Å². The lowest BCUT2D eigenvalue weighted by atomic mass is 11.3. The summed E-state index contributed by atoms with van der Waals surface area (Å²) in [6, 6.07) is 0. The van der Waals surface area contributed by atoms with Crippen molar-refractivity contribution in [2.75, 3.05) is 14.2 Å². The van der Waals surface area contributed by atoms with E-state index >= 15 is 0 Å². The fourth-order valence-corrected chi connectivity index (χ4v) is 1.66. The molecule has 3 nitrogen and oxygen atoms in total. The maximum absolute atomic E-state index is 11.0. The van der Waals surface area contributed by atoms with Gasteiger partial charge in [-0.25, -0.2) is 0 Å². The van der Waals surface area contributed by atoms with Crippen molar-refractivity contribution in [2.45, 2.75) is 0 Å². The molecule has 0 unspecified atom stereocenters. The Kier molecular flexibility index (Phi) is 4.40. The van der Waals surface area contributed by atoms with Crippen LogP contribution in [0.4, 0.5) is 0 Å². The Morgan fingerprint density at radius 1 is 1.44 bits per heavy atom. The zero-order valence-electron chi connectivity index (χ0n) is 5.20. The molecule has 0 atom stereocenters. The van der Waals surface area contributed by atoms with E-state index in [0.717, 1.165) is 0 Å². The molecule has 0 saturated heterocycles. The minimum Gasteiger partial charge on any atom is -0.309 e. The van der Waals surface area contributed by atoms with E-state index in [1.807, 2.05) is 0 Å². The molecule has 0 amide bonds. The lowest BCUT2D eigenvalue weighted by molar-refractivity contribution is 0.286. The van der Waals surface area contributed by atoms with Crippen LogP contribution in [0.15, 0.2) is 10.8 Å². The van der Waals surface area contributed by atoms with Crippen molar-refractivity contribution in [3.8, 4) is 0 Å². The summed E-state index contributed by atoms with van der Waals surface area (Å²) in [5.74, 6) is 1.33. The van der Waals surface area contributed by atoms with Crippen LogP contribution >= 0.6 is 23.5 Å². The van der Waals surface area contributed by atoms with E-state index in [0.29, 0.717) is 0 Å². The van der Waals surface area contributed by atoms with Crippen molar-refractivity contribution in [3.63, 3.8) is 0 Å². The van der Waals surface area contributed by atoms with Crippen LogP contribution in [0, 0.1) is 0 Å². The molecular formula is C4H8BrO3P. The van der Waals surface area contributed by atoms with Gasteiger partial charge in [0.25, 0.3) is 0 Å². The maximum atomic E-state index is 11.0. The summed E-state index contributed by atoms with van der Waals surface area (Å²) in [5.41, 5.74) is 0. The largest absolute Gasteiger partial charge is 0.354 e. The normalized spacial score (nSPS) is 12.8. The van der Waals surface area contributed by atoms with Gasteiger partial charge in [-0.3, -0.25) is 4.57 Å². The Labute approximate surface area is 62.7 Å². The third kappa shape index (κ3) is 3.16. The molecule has 0 N–H and O–H groups in total. The second kappa shape index (κ2) is 4.23. The van der Waals surface area contributed by atoms with Crippen LogP contribution in [-0.4, -0.2) is 14.2 Å². The van der Waals surface area contributed by atoms with E-state index in [4.69, 9.17) is 0 Å². The molecule has 0 aliphatic carbocycles. The van der Waals surface area contributed by atoms with Crippen LogP contribution in [0.2, 0.25) is 0 Å². The lowest BCUT2D eigenvalue weighted by Gasteiger charge is -2.06. The van der Waals surface area contributed by atoms with Gasteiger partial charge in [0, 0.05) is 20.0 Å². The molecule has 0 saturated carbocycles. The highest BCUT2D eigenvalue weighted by Gasteiger charge is 2.14. The van der Waals surface area contributed by atoms with Crippen molar-refractivity contribution in [2.24, 2.45) is 0 Å². The number of hydrogen-bond acceptors (Lipinski definition) is 3. The summed E-state index contributed by atoms with van der Waals surface area (Å²) in [7, 11) is -0.247. The first kappa shape index (κ1) is 9.37. The van der Waals surface area contributed by atoms with Crippen molar-refractivity contribution in [3.05, 3.63) is 10.8 Å². The molecular weight excluding hydrogens is 207 g/mol. The van der Waals surface area contributed by atoms with Crippen molar-refractivity contribution in [1.29, 1.82) is 0 Å². The van der Waals surface area contributed by atoms with E-state index in [1.165, 1.54) is 25.0 Å². The first-order valence-electron chi connectivity index (χ1n) is 2.17. The molecule has 0 radical (unpaired) electrons. The highest BCUT2D eigenvalue weighted by atomic mass is 79.9. The highest BCUT2D eigenvalue weighted by Crippen LogP contribution is 2.47. The summed E-state index contributed by atoms with van der Waals surface area (Å²) in [6.45, 7) is 0. The van der Waals surface area contributed by atoms with Crippen molar-refractivity contribution < 1.29 is 13.6 Å². The van der Waals surface area contributed by atoms with E-state index in [-0.39, 0.29) is 0 Å². The van der Waals surface area contributed by atoms with Gasteiger partial charge < -0.3 is 9.05 Å². The average molecular weight is 215 g/mol. The fourth-order valence-electron chi connectivity index (χ4n) is 0.265. The monoisotopic (exact) mass is 214 g/mol. The van der Waals surface area contributed by atoms with Gasteiger partial charge in [0.1, 0.15) is 0 Å². The smallest absolute Gasteiger partial charge is 0.309 e. The molecule has 0 rings (SSSR count). The van der Waals surface area contributed by atoms with Crippen LogP contribution in [0.1, 0.15) is 0 Å². The summed E-state index contributed by atoms with van der Waals surface area (Å²) >= 11 is 2.95. The molecule has 54 valence electrons. The molecule has 0 fully saturated rings. The molecule has 0 spiro atoms. The standard InChI is InChI=1S/C4H8BrO3P/c1-7-9(6,8-2)4-3-5/h3-4H,1-2H3. The van der Waals surface area contributed by atoms with Gasteiger partial charge in [-0.1, -0.05) is 15.9 Å². The van der Waals surface area contributed by atoms with Gasteiger partial charge in [0.05, 0.1) is 0 Å². The number of halogens is 1. The first-order chi connectivity index (χ1) is 4.18. The first-order valence-corrected chi connectivity index (χ1v) is 4.70. The van der Waals surface area contributed by atoms with Crippen molar-refractivity contribution >= 4 is 23.5 Å². The number of hydrogen-bond donors (Lipinski definition) is 0. The molecule has 9 heavy (non-hydrogen) atoms. The quantitative estimate of drug-likeness (QED) is 0.677. The van der Waals surface area contributed by atoms with Gasteiger partial charge in [-0.15, -0.1) is 0 Å². The third-order valence-corrected chi connectivity index (χ3v) is 2.95. The van der Waals surface area contributed by atoms with Gasteiger partial charge in [0.15, 0.2) is 0 Å². The fraction of sp³-hybridized carbons (Fsp3) is 0.500. The Morgan fingerprint density at radius 2 is 1.89 bits per heavy atom. The topological polar surface area (TPSA) is 35.5 Å². The van der Waals surface area contributed by atoms with Crippen LogP contribution in [-0.2, 0) is 13.6 Å². The average Bonchev–Trinajstić information content (AvgIpc) is 1.89. The highest BCUT2D eigenvalue weighted by molar-refractivity contribution is 9.11. The molecule has 0 bridgehead atoms. The maximum Gasteiger partial charge on any atom is 0.354 e. The van der Waals surface area contributed by atoms with Gasteiger partial charge in [-0.05, 0) is 4.99 Å². The number of rotatable bonds is 3. The van der Waals surface area contributed by atoms with Crippen LogP contribution in [0.5, 0.6) is 0 Å². The Bertz CT molecular complexity index is 137. The minimum absolute atomic E-state index is 1.33. The molecule has 0 aromatic carbocycles. The summed E-state index contributed by atoms with van der Waals surface area (Å²) in [4.78, 5) is 1.45. The van der Waals surface area contributed by atoms with Gasteiger partial charge >= 0.3 is 7.60 Å². The van der Waals surface area contributed by atoms with Gasteiger partial charge in [-0.2, -0.15) is 0 Å². The zero-order chi connectivity index (χ0) is 7.33. The lowest BCUT2D eigenvalue weighted by Crippen LogP contribution is -1.81. The summed E-state index contributed by atoms with van der Waals surface area (Å²) in [5, 5.41) is 0. The summed E-state index contributed by atoms with van der Waals surface area (Å²) in [6.07, 6.45) is 0. The van der Waals surface area contributed by atoms with Gasteiger partial charge in [0.2, 0.25) is 0 Å². The Balaban J connectivity index is 4.11. The Morgan fingerprint density at radius 3 is 2.00 bits per heavy atom. The Hall–Kier alpha value is 0.370. The minimum atomic E-state index is -2.91. The third-order valence-electron chi connectivity index (χ3n) is 0.748. The molecule has 5 heteroatoms. The molecule has 0 heterocycles. The molecule has 0 aromatic heterocycles.